The lowest BCUT2D eigenvalue weighted by atomic mass is 10.3. The molecule has 0 aliphatic heterocycles. The number of nitrogens with zero attached hydrogens (tertiary/aromatic N) is 2. The molecular formula is C14H19N3O. The number of fused-ring (bicyclic) bond motifs is 1. The van der Waals surface area contributed by atoms with Crippen LogP contribution in [0.3, 0.4) is 0 Å². The SMILES string of the molecule is C=CCn1c(CCNC)nc2cc(OC)ccc21. The lowest BCUT2D eigenvalue weighted by Crippen LogP contribution is -2.13. The average molecular weight is 245 g/mol. The van der Waals surface area contributed by atoms with Crippen molar-refractivity contribution in [3.63, 3.8) is 0 Å². The maximum absolute atomic E-state index is 5.23. The Kier molecular flexibility index (Phi) is 3.99. The molecule has 0 saturated heterocycles. The van der Waals surface area contributed by atoms with Crippen molar-refractivity contribution in [2.24, 2.45) is 0 Å². The smallest absolute Gasteiger partial charge is 0.121 e. The van der Waals surface area contributed by atoms with Gasteiger partial charge in [-0.15, -0.1) is 6.58 Å². The first kappa shape index (κ1) is 12.6. The molecule has 1 aromatic heterocycles. The van der Waals surface area contributed by atoms with E-state index < -0.39 is 0 Å². The summed E-state index contributed by atoms with van der Waals surface area (Å²) >= 11 is 0. The molecule has 0 radical (unpaired) electrons. The molecule has 1 aromatic carbocycles. The van der Waals surface area contributed by atoms with Gasteiger partial charge in [-0.05, 0) is 19.2 Å². The number of imidazole rings is 1. The number of benzene rings is 1. The summed E-state index contributed by atoms with van der Waals surface area (Å²) in [5.41, 5.74) is 2.10. The molecule has 1 N–H and O–H groups in total. The van der Waals surface area contributed by atoms with Crippen molar-refractivity contribution in [2.45, 2.75) is 13.0 Å². The zero-order valence-electron chi connectivity index (χ0n) is 10.9. The third-order valence-corrected chi connectivity index (χ3v) is 2.94. The fraction of sp³-hybridized carbons (Fsp3) is 0.357. The molecular weight excluding hydrogens is 226 g/mol. The zero-order valence-corrected chi connectivity index (χ0v) is 10.9. The van der Waals surface area contributed by atoms with Crippen LogP contribution in [0, 0.1) is 0 Å². The van der Waals surface area contributed by atoms with E-state index in [1.165, 1.54) is 0 Å². The van der Waals surface area contributed by atoms with Crippen LogP contribution in [-0.2, 0) is 13.0 Å². The largest absolute Gasteiger partial charge is 0.497 e. The first-order chi connectivity index (χ1) is 8.80. The topological polar surface area (TPSA) is 39.1 Å². The second kappa shape index (κ2) is 5.69. The average Bonchev–Trinajstić information content (AvgIpc) is 2.74. The summed E-state index contributed by atoms with van der Waals surface area (Å²) in [6.07, 6.45) is 2.80. The monoisotopic (exact) mass is 245 g/mol. The lowest BCUT2D eigenvalue weighted by molar-refractivity contribution is 0.415. The van der Waals surface area contributed by atoms with E-state index in [9.17, 15) is 0 Å². The summed E-state index contributed by atoms with van der Waals surface area (Å²) in [5, 5.41) is 3.15. The molecule has 0 bridgehead atoms. The standard InChI is InChI=1S/C14H19N3O/c1-4-9-17-13-6-5-11(18-3)10-12(13)16-14(17)7-8-15-2/h4-6,10,15H,1,7-9H2,2-3H3. The maximum Gasteiger partial charge on any atom is 0.121 e. The number of allylic oxidation sites excluding steroid dienone is 1. The Hall–Kier alpha value is -1.81. The van der Waals surface area contributed by atoms with Gasteiger partial charge in [-0.25, -0.2) is 4.98 Å². The predicted octanol–water partition coefficient (Wildman–Crippen LogP) is 1.99. The van der Waals surface area contributed by atoms with Gasteiger partial charge in [0.15, 0.2) is 0 Å². The summed E-state index contributed by atoms with van der Waals surface area (Å²) in [7, 11) is 3.62. The van der Waals surface area contributed by atoms with Gasteiger partial charge in [-0.3, -0.25) is 0 Å². The second-order valence-corrected chi connectivity index (χ2v) is 4.14. The lowest BCUT2D eigenvalue weighted by Gasteiger charge is -2.06. The summed E-state index contributed by atoms with van der Waals surface area (Å²) in [5.74, 6) is 1.92. The summed E-state index contributed by atoms with van der Waals surface area (Å²) in [6.45, 7) is 5.50. The van der Waals surface area contributed by atoms with E-state index in [0.717, 1.165) is 42.1 Å². The molecule has 2 aromatic rings. The van der Waals surface area contributed by atoms with E-state index in [-0.39, 0.29) is 0 Å². The van der Waals surface area contributed by atoms with Crippen LogP contribution in [-0.4, -0.2) is 30.3 Å². The maximum atomic E-state index is 5.23. The van der Waals surface area contributed by atoms with Gasteiger partial charge in [0.25, 0.3) is 0 Å². The van der Waals surface area contributed by atoms with E-state index in [0.29, 0.717) is 0 Å². The highest BCUT2D eigenvalue weighted by Gasteiger charge is 2.09. The number of hydrogen-bond acceptors (Lipinski definition) is 3. The van der Waals surface area contributed by atoms with Crippen molar-refractivity contribution in [3.8, 4) is 5.75 Å². The summed E-state index contributed by atoms with van der Waals surface area (Å²) in [4.78, 5) is 4.67. The van der Waals surface area contributed by atoms with Crippen LogP contribution in [0.15, 0.2) is 30.9 Å². The normalized spacial score (nSPS) is 10.8. The Morgan fingerprint density at radius 3 is 3.00 bits per heavy atom. The number of likely N-dealkylation sites (N-methyl/N-ethyl adjacent to an activating group) is 1. The minimum absolute atomic E-state index is 0.780. The van der Waals surface area contributed by atoms with E-state index in [4.69, 9.17) is 4.74 Å². The van der Waals surface area contributed by atoms with E-state index in [2.05, 4.69) is 21.4 Å². The van der Waals surface area contributed by atoms with Crippen LogP contribution in [0.25, 0.3) is 11.0 Å². The van der Waals surface area contributed by atoms with Crippen molar-refractivity contribution in [3.05, 3.63) is 36.7 Å². The third-order valence-electron chi connectivity index (χ3n) is 2.94. The van der Waals surface area contributed by atoms with Crippen LogP contribution in [0.5, 0.6) is 5.75 Å². The Morgan fingerprint density at radius 1 is 1.50 bits per heavy atom. The molecule has 18 heavy (non-hydrogen) atoms. The van der Waals surface area contributed by atoms with Gasteiger partial charge >= 0.3 is 0 Å². The molecule has 0 aliphatic rings. The number of rotatable bonds is 6. The van der Waals surface area contributed by atoms with Crippen molar-refractivity contribution in [1.82, 2.24) is 14.9 Å². The van der Waals surface area contributed by atoms with Crippen molar-refractivity contribution >= 4 is 11.0 Å². The summed E-state index contributed by atoms with van der Waals surface area (Å²) < 4.78 is 7.42. The highest BCUT2D eigenvalue weighted by atomic mass is 16.5. The molecule has 0 unspecified atom stereocenters. The van der Waals surface area contributed by atoms with Crippen LogP contribution in [0.1, 0.15) is 5.82 Å². The molecule has 0 aliphatic carbocycles. The van der Waals surface area contributed by atoms with Gasteiger partial charge < -0.3 is 14.6 Å². The Bertz CT molecular complexity index is 545. The summed E-state index contributed by atoms with van der Waals surface area (Å²) in [6, 6.07) is 5.98. The fourth-order valence-electron chi connectivity index (χ4n) is 2.05. The van der Waals surface area contributed by atoms with E-state index in [1.54, 1.807) is 7.11 Å². The molecule has 2 rings (SSSR count). The highest BCUT2D eigenvalue weighted by Crippen LogP contribution is 2.22. The molecule has 0 atom stereocenters. The first-order valence-electron chi connectivity index (χ1n) is 6.08. The molecule has 0 saturated carbocycles. The van der Waals surface area contributed by atoms with Gasteiger partial charge in [-0.1, -0.05) is 6.08 Å². The first-order valence-corrected chi connectivity index (χ1v) is 6.08. The van der Waals surface area contributed by atoms with Crippen LogP contribution in [0.2, 0.25) is 0 Å². The highest BCUT2D eigenvalue weighted by molar-refractivity contribution is 5.77. The fourth-order valence-corrected chi connectivity index (χ4v) is 2.05. The molecule has 0 fully saturated rings. The van der Waals surface area contributed by atoms with Gasteiger partial charge in [0, 0.05) is 25.6 Å². The molecule has 0 spiro atoms. The minimum Gasteiger partial charge on any atom is -0.497 e. The van der Waals surface area contributed by atoms with Gasteiger partial charge in [-0.2, -0.15) is 0 Å². The molecule has 96 valence electrons. The van der Waals surface area contributed by atoms with Crippen molar-refractivity contribution in [2.75, 3.05) is 20.7 Å². The van der Waals surface area contributed by atoms with E-state index >= 15 is 0 Å². The number of methoxy groups -OCH3 is 1. The Labute approximate surface area is 107 Å². The number of nitrogens with one attached hydrogen (secondary N) is 1. The third kappa shape index (κ3) is 2.38. The number of aromatic nitrogens is 2. The minimum atomic E-state index is 0.780. The van der Waals surface area contributed by atoms with Crippen LogP contribution < -0.4 is 10.1 Å². The molecule has 1 heterocycles. The van der Waals surface area contributed by atoms with Crippen LogP contribution >= 0.6 is 0 Å². The van der Waals surface area contributed by atoms with Crippen molar-refractivity contribution in [1.29, 1.82) is 0 Å². The number of ether oxygens (including phenoxy) is 1. The molecule has 4 nitrogen and oxygen atoms in total. The van der Waals surface area contributed by atoms with Gasteiger partial charge in [0.2, 0.25) is 0 Å². The zero-order chi connectivity index (χ0) is 13.0. The Balaban J connectivity index is 2.47. The van der Waals surface area contributed by atoms with Gasteiger partial charge in [0.05, 0.1) is 18.1 Å². The van der Waals surface area contributed by atoms with E-state index in [1.807, 2.05) is 31.3 Å². The predicted molar refractivity (Wildman–Crippen MR) is 74.1 cm³/mol. The molecule has 4 heteroatoms. The van der Waals surface area contributed by atoms with Crippen molar-refractivity contribution < 1.29 is 4.74 Å². The van der Waals surface area contributed by atoms with Crippen LogP contribution in [0.4, 0.5) is 0 Å². The number of hydrogen-bond donors (Lipinski definition) is 1. The molecule has 0 amide bonds. The second-order valence-electron chi connectivity index (χ2n) is 4.14. The Morgan fingerprint density at radius 2 is 2.33 bits per heavy atom. The van der Waals surface area contributed by atoms with Gasteiger partial charge in [0.1, 0.15) is 11.6 Å². The quantitative estimate of drug-likeness (QED) is 0.791.